The van der Waals surface area contributed by atoms with E-state index in [1.54, 1.807) is 6.20 Å². The maximum atomic E-state index is 12.1. The Morgan fingerprint density at radius 3 is 2.88 bits per heavy atom. The first kappa shape index (κ1) is 13.2. The van der Waals surface area contributed by atoms with Gasteiger partial charge in [-0.15, -0.1) is 0 Å². The van der Waals surface area contributed by atoms with E-state index in [0.29, 0.717) is 12.2 Å². The third-order valence-electron chi connectivity index (χ3n) is 2.17. The van der Waals surface area contributed by atoms with Gasteiger partial charge in [-0.05, 0) is 25.3 Å². The van der Waals surface area contributed by atoms with Crippen molar-refractivity contribution in [1.82, 2.24) is 9.55 Å². The molecule has 2 nitrogen and oxygen atoms in total. The summed E-state index contributed by atoms with van der Waals surface area (Å²) in [7, 11) is 0. The molecular weight excluding hydrogens is 230 g/mol. The summed E-state index contributed by atoms with van der Waals surface area (Å²) in [4.78, 5) is 4.20. The van der Waals surface area contributed by atoms with Crippen molar-refractivity contribution in [2.45, 2.75) is 38.4 Å². The maximum Gasteiger partial charge on any atom is 0.269 e. The van der Waals surface area contributed by atoms with Gasteiger partial charge in [0.05, 0.1) is 0 Å². The van der Waals surface area contributed by atoms with E-state index in [4.69, 9.17) is 0 Å². The highest BCUT2D eigenvalue weighted by Crippen LogP contribution is 2.20. The van der Waals surface area contributed by atoms with Crippen LogP contribution in [-0.2, 0) is 6.54 Å². The molecule has 1 rings (SSSR count). The molecule has 5 heteroatoms. The minimum Gasteiger partial charge on any atom is -0.326 e. The molecule has 0 aliphatic carbocycles. The largest absolute Gasteiger partial charge is 0.326 e. The Labute approximate surface area is 98.8 Å². The average Bonchev–Trinajstić information content (AvgIpc) is 2.66. The van der Waals surface area contributed by atoms with Crippen LogP contribution < -0.4 is 0 Å². The molecule has 0 N–H and O–H groups in total. The Hall–Kier alpha value is -0.840. The summed E-state index contributed by atoms with van der Waals surface area (Å²) in [6.45, 7) is 4.49. The lowest BCUT2D eigenvalue weighted by atomic mass is 10.3. The number of thioether (sulfide) groups is 1. The normalized spacial score (nSPS) is 10.5. The lowest BCUT2D eigenvalue weighted by molar-refractivity contribution is 0.409. The van der Waals surface area contributed by atoms with Gasteiger partial charge in [-0.25, -0.2) is 4.98 Å². The molecule has 0 unspecified atom stereocenters. The van der Waals surface area contributed by atoms with Gasteiger partial charge in [0.25, 0.3) is 6.08 Å². The number of nitrogens with zero attached hydrogens (tertiary/aromatic N) is 2. The van der Waals surface area contributed by atoms with Crippen LogP contribution in [-0.4, -0.2) is 15.3 Å². The van der Waals surface area contributed by atoms with Crippen molar-refractivity contribution in [3.8, 4) is 0 Å². The molecule has 0 saturated heterocycles. The Morgan fingerprint density at radius 2 is 2.25 bits per heavy atom. The highest BCUT2D eigenvalue weighted by molar-refractivity contribution is 7.99. The molecule has 0 aliphatic heterocycles. The summed E-state index contributed by atoms with van der Waals surface area (Å²) < 4.78 is 26.3. The lowest BCUT2D eigenvalue weighted by Crippen LogP contribution is -1.97. The summed E-state index contributed by atoms with van der Waals surface area (Å²) in [6, 6.07) is 0. The van der Waals surface area contributed by atoms with Gasteiger partial charge in [0.2, 0.25) is 0 Å². The molecule has 0 amide bonds. The van der Waals surface area contributed by atoms with Crippen LogP contribution in [0, 0.1) is 0 Å². The summed E-state index contributed by atoms with van der Waals surface area (Å²) in [5, 5.41) is 0.911. The Balaban J connectivity index is 2.43. The van der Waals surface area contributed by atoms with E-state index in [1.807, 2.05) is 6.20 Å². The van der Waals surface area contributed by atoms with Crippen molar-refractivity contribution in [1.29, 1.82) is 0 Å². The first-order chi connectivity index (χ1) is 7.65. The van der Waals surface area contributed by atoms with Crippen molar-refractivity contribution < 1.29 is 8.78 Å². The average molecular weight is 246 g/mol. The second kappa shape index (κ2) is 6.68. The van der Waals surface area contributed by atoms with Crippen molar-refractivity contribution >= 4 is 11.8 Å². The van der Waals surface area contributed by atoms with Crippen LogP contribution in [0.25, 0.3) is 0 Å². The predicted molar refractivity (Wildman–Crippen MR) is 62.8 cm³/mol. The van der Waals surface area contributed by atoms with Crippen LogP contribution in [0.3, 0.4) is 0 Å². The van der Waals surface area contributed by atoms with Gasteiger partial charge in [0.1, 0.15) is 0 Å². The van der Waals surface area contributed by atoms with E-state index in [2.05, 4.69) is 16.5 Å². The van der Waals surface area contributed by atoms with Crippen LogP contribution in [0.2, 0.25) is 0 Å². The number of aryl methyl sites for hydroxylation is 1. The number of halogens is 2. The van der Waals surface area contributed by atoms with E-state index >= 15 is 0 Å². The Kier molecular flexibility index (Phi) is 5.52. The molecule has 90 valence electrons. The van der Waals surface area contributed by atoms with E-state index in [0.717, 1.165) is 18.1 Å². The minimum atomic E-state index is -1.56. The Bertz CT molecular complexity index is 357. The minimum absolute atomic E-state index is 0.168. The molecule has 16 heavy (non-hydrogen) atoms. The zero-order valence-corrected chi connectivity index (χ0v) is 10.4. The van der Waals surface area contributed by atoms with Gasteiger partial charge in [0, 0.05) is 24.7 Å². The van der Waals surface area contributed by atoms with Crippen LogP contribution in [0.4, 0.5) is 8.78 Å². The summed E-state index contributed by atoms with van der Waals surface area (Å²) in [6.07, 6.45) is 3.56. The van der Waals surface area contributed by atoms with Crippen LogP contribution in [0.1, 0.15) is 26.7 Å². The quantitative estimate of drug-likeness (QED) is 0.707. The van der Waals surface area contributed by atoms with Gasteiger partial charge >= 0.3 is 0 Å². The first-order valence-electron chi connectivity index (χ1n) is 5.29. The highest BCUT2D eigenvalue weighted by Gasteiger charge is 2.04. The van der Waals surface area contributed by atoms with Gasteiger partial charge in [-0.1, -0.05) is 18.7 Å². The van der Waals surface area contributed by atoms with Gasteiger partial charge < -0.3 is 4.57 Å². The smallest absolute Gasteiger partial charge is 0.269 e. The van der Waals surface area contributed by atoms with E-state index in [1.165, 1.54) is 18.7 Å². The van der Waals surface area contributed by atoms with Crippen molar-refractivity contribution in [3.63, 3.8) is 0 Å². The molecule has 1 aromatic heterocycles. The molecule has 0 radical (unpaired) electrons. The Morgan fingerprint density at radius 1 is 1.50 bits per heavy atom. The van der Waals surface area contributed by atoms with Crippen LogP contribution in [0.15, 0.2) is 29.2 Å². The molecule has 0 fully saturated rings. The summed E-state index contributed by atoms with van der Waals surface area (Å²) >= 11 is 1.52. The first-order valence-corrected chi connectivity index (χ1v) is 6.28. The van der Waals surface area contributed by atoms with Crippen molar-refractivity contribution in [2.24, 2.45) is 0 Å². The fourth-order valence-electron chi connectivity index (χ4n) is 1.24. The topological polar surface area (TPSA) is 17.8 Å². The SMILES string of the molecule is CCCn1ccnc1SCCC(C)=C(F)F. The van der Waals surface area contributed by atoms with Gasteiger partial charge in [-0.3, -0.25) is 0 Å². The molecule has 1 aromatic rings. The van der Waals surface area contributed by atoms with E-state index in [-0.39, 0.29) is 5.57 Å². The van der Waals surface area contributed by atoms with Crippen molar-refractivity contribution in [3.05, 3.63) is 24.0 Å². The number of aromatic nitrogens is 2. The fourth-order valence-corrected chi connectivity index (χ4v) is 2.28. The summed E-state index contributed by atoms with van der Waals surface area (Å²) in [5.41, 5.74) is 0.168. The zero-order valence-electron chi connectivity index (χ0n) is 9.54. The molecule has 0 bridgehead atoms. The molecule has 0 atom stereocenters. The number of hydrogen-bond donors (Lipinski definition) is 0. The molecule has 0 spiro atoms. The van der Waals surface area contributed by atoms with Gasteiger partial charge in [-0.2, -0.15) is 8.78 Å². The number of hydrogen-bond acceptors (Lipinski definition) is 2. The third kappa shape index (κ3) is 3.96. The van der Waals surface area contributed by atoms with Crippen molar-refractivity contribution in [2.75, 3.05) is 5.75 Å². The fraction of sp³-hybridized carbons (Fsp3) is 0.545. The molecule has 0 aromatic carbocycles. The monoisotopic (exact) mass is 246 g/mol. The predicted octanol–water partition coefficient (Wildman–Crippen LogP) is 3.95. The standard InChI is InChI=1S/C11H16F2N2S/c1-3-6-15-7-5-14-11(15)16-8-4-9(2)10(12)13/h5,7H,3-4,6,8H2,1-2H3. The molecular formula is C11H16F2N2S. The number of allylic oxidation sites excluding steroid dienone is 1. The lowest BCUT2D eigenvalue weighted by Gasteiger charge is -2.05. The summed E-state index contributed by atoms with van der Waals surface area (Å²) in [5.74, 6) is 0.643. The molecule has 0 saturated carbocycles. The molecule has 0 aliphatic rings. The zero-order chi connectivity index (χ0) is 12.0. The number of rotatable bonds is 6. The van der Waals surface area contributed by atoms with Crippen LogP contribution in [0.5, 0.6) is 0 Å². The number of imidazole rings is 1. The highest BCUT2D eigenvalue weighted by atomic mass is 32.2. The molecule has 1 heterocycles. The third-order valence-corrected chi connectivity index (χ3v) is 3.18. The van der Waals surface area contributed by atoms with Gasteiger partial charge in [0.15, 0.2) is 5.16 Å². The second-order valence-electron chi connectivity index (χ2n) is 3.54. The van der Waals surface area contributed by atoms with E-state index < -0.39 is 6.08 Å². The van der Waals surface area contributed by atoms with Crippen LogP contribution >= 0.6 is 11.8 Å². The van der Waals surface area contributed by atoms with E-state index in [9.17, 15) is 8.78 Å². The maximum absolute atomic E-state index is 12.1. The second-order valence-corrected chi connectivity index (χ2v) is 4.60.